The maximum absolute atomic E-state index is 12.7. The molecule has 1 aliphatic rings. The fourth-order valence-electron chi connectivity index (χ4n) is 3.38. The summed E-state index contributed by atoms with van der Waals surface area (Å²) in [5.74, 6) is 0.490. The van der Waals surface area contributed by atoms with E-state index in [1.54, 1.807) is 48.7 Å². The molecule has 0 unspecified atom stereocenters. The predicted octanol–water partition coefficient (Wildman–Crippen LogP) is 4.14. The van der Waals surface area contributed by atoms with Crippen molar-refractivity contribution in [3.05, 3.63) is 53.4 Å². The summed E-state index contributed by atoms with van der Waals surface area (Å²) in [5.41, 5.74) is 5.23. The lowest BCUT2D eigenvalue weighted by Crippen LogP contribution is -2.27. The smallest absolute Gasteiger partial charge is 0.243 e. The van der Waals surface area contributed by atoms with Gasteiger partial charge in [-0.25, -0.2) is 13.4 Å². The van der Waals surface area contributed by atoms with Gasteiger partial charge >= 0.3 is 0 Å². The predicted molar refractivity (Wildman–Crippen MR) is 126 cm³/mol. The van der Waals surface area contributed by atoms with Crippen LogP contribution in [-0.4, -0.2) is 48.7 Å². The van der Waals surface area contributed by atoms with E-state index in [0.717, 1.165) is 29.7 Å². The van der Waals surface area contributed by atoms with Crippen LogP contribution in [0, 0.1) is 0 Å². The third kappa shape index (κ3) is 4.93. The van der Waals surface area contributed by atoms with Gasteiger partial charge < -0.3 is 9.84 Å². The average Bonchev–Trinajstić information content (AvgIpc) is 3.49. The number of anilines is 1. The molecule has 1 saturated heterocycles. The van der Waals surface area contributed by atoms with Crippen LogP contribution in [0.3, 0.4) is 0 Å². The number of sulfonamides is 1. The van der Waals surface area contributed by atoms with Gasteiger partial charge in [-0.2, -0.15) is 9.41 Å². The van der Waals surface area contributed by atoms with Crippen LogP contribution in [0.15, 0.2) is 57.8 Å². The molecule has 3 aromatic rings. The third-order valence-corrected chi connectivity index (χ3v) is 7.67. The van der Waals surface area contributed by atoms with E-state index in [9.17, 15) is 13.5 Å². The van der Waals surface area contributed by atoms with Crippen molar-refractivity contribution in [1.29, 1.82) is 0 Å². The topological polar surface area (TPSA) is 104 Å². The van der Waals surface area contributed by atoms with Crippen LogP contribution in [0.5, 0.6) is 11.5 Å². The summed E-state index contributed by atoms with van der Waals surface area (Å²) in [4.78, 5) is 4.82. The first kappa shape index (κ1) is 22.3. The number of hydrazone groups is 1. The molecule has 1 aliphatic heterocycles. The van der Waals surface area contributed by atoms with Crippen LogP contribution < -0.4 is 10.2 Å². The number of nitrogens with zero attached hydrogens (tertiary/aromatic N) is 3. The zero-order valence-corrected chi connectivity index (χ0v) is 19.2. The summed E-state index contributed by atoms with van der Waals surface area (Å²) >= 11 is 1.40. The van der Waals surface area contributed by atoms with Gasteiger partial charge in [0.05, 0.1) is 23.4 Å². The van der Waals surface area contributed by atoms with E-state index in [1.165, 1.54) is 15.6 Å². The maximum Gasteiger partial charge on any atom is 0.243 e. The normalized spacial score (nSPS) is 14.8. The molecule has 2 N–H and O–H groups in total. The number of thiazole rings is 1. The van der Waals surface area contributed by atoms with Crippen molar-refractivity contribution < 1.29 is 18.3 Å². The first-order chi connectivity index (χ1) is 15.5. The van der Waals surface area contributed by atoms with Gasteiger partial charge in [0.1, 0.15) is 0 Å². The fraction of sp³-hybridized carbons (Fsp3) is 0.273. The largest absolute Gasteiger partial charge is 0.504 e. The van der Waals surface area contributed by atoms with E-state index in [1.807, 2.05) is 12.3 Å². The van der Waals surface area contributed by atoms with Gasteiger partial charge in [0.25, 0.3) is 0 Å². The second kappa shape index (κ2) is 9.68. The van der Waals surface area contributed by atoms with Gasteiger partial charge in [-0.15, -0.1) is 11.3 Å². The number of aromatic hydroxyl groups is 1. The third-order valence-electron chi connectivity index (χ3n) is 5.01. The number of aromatic nitrogens is 1. The minimum atomic E-state index is -3.42. The lowest BCUT2D eigenvalue weighted by molar-refractivity contribution is 0.318. The molecule has 0 spiro atoms. The first-order valence-corrected chi connectivity index (χ1v) is 12.6. The molecular weight excluding hydrogens is 448 g/mol. The van der Waals surface area contributed by atoms with E-state index in [2.05, 4.69) is 15.5 Å². The lowest BCUT2D eigenvalue weighted by atomic mass is 10.2. The zero-order chi connectivity index (χ0) is 22.6. The van der Waals surface area contributed by atoms with E-state index >= 15 is 0 Å². The van der Waals surface area contributed by atoms with Crippen LogP contribution in [0.1, 0.15) is 25.3 Å². The van der Waals surface area contributed by atoms with Crippen LogP contribution in [-0.2, 0) is 10.0 Å². The van der Waals surface area contributed by atoms with Gasteiger partial charge in [0.2, 0.25) is 15.2 Å². The summed E-state index contributed by atoms with van der Waals surface area (Å²) in [6.45, 7) is 3.48. The van der Waals surface area contributed by atoms with Crippen molar-refractivity contribution in [1.82, 2.24) is 9.29 Å². The number of nitrogens with one attached hydrogen (secondary N) is 1. The van der Waals surface area contributed by atoms with Crippen molar-refractivity contribution in [2.45, 2.75) is 24.7 Å². The Morgan fingerprint density at radius 2 is 1.97 bits per heavy atom. The Kier molecular flexibility index (Phi) is 6.73. The fourth-order valence-corrected chi connectivity index (χ4v) is 5.56. The van der Waals surface area contributed by atoms with Crippen LogP contribution in [0.4, 0.5) is 5.13 Å². The van der Waals surface area contributed by atoms with Crippen molar-refractivity contribution in [2.24, 2.45) is 5.10 Å². The van der Waals surface area contributed by atoms with Gasteiger partial charge in [0.15, 0.2) is 11.5 Å². The molecular formula is C22H24N4O4S2. The number of benzene rings is 2. The van der Waals surface area contributed by atoms with Gasteiger partial charge in [-0.1, -0.05) is 12.1 Å². The summed E-state index contributed by atoms with van der Waals surface area (Å²) in [7, 11) is -3.42. The van der Waals surface area contributed by atoms with Crippen molar-refractivity contribution in [3.8, 4) is 22.8 Å². The summed E-state index contributed by atoms with van der Waals surface area (Å²) in [6.07, 6.45) is 3.44. The highest BCUT2D eigenvalue weighted by atomic mass is 32.2. The number of ether oxygens (including phenoxy) is 1. The van der Waals surface area contributed by atoms with E-state index < -0.39 is 10.0 Å². The van der Waals surface area contributed by atoms with Crippen LogP contribution in [0.25, 0.3) is 11.3 Å². The Hall–Kier alpha value is -2.95. The molecule has 8 nitrogen and oxygen atoms in total. The van der Waals surface area contributed by atoms with Gasteiger partial charge in [-0.3, -0.25) is 5.43 Å². The molecule has 0 saturated carbocycles. The van der Waals surface area contributed by atoms with E-state index in [0.29, 0.717) is 35.5 Å². The Bertz CT molecular complexity index is 1200. The highest BCUT2D eigenvalue weighted by Crippen LogP contribution is 2.28. The number of hydrogen-bond acceptors (Lipinski definition) is 8. The van der Waals surface area contributed by atoms with Crippen molar-refractivity contribution in [2.75, 3.05) is 25.1 Å². The van der Waals surface area contributed by atoms with Crippen LogP contribution in [0.2, 0.25) is 0 Å². The molecule has 0 radical (unpaired) electrons. The number of hydrogen-bond donors (Lipinski definition) is 2. The second-order valence-electron chi connectivity index (χ2n) is 7.20. The first-order valence-electron chi connectivity index (χ1n) is 10.3. The Labute approximate surface area is 191 Å². The van der Waals surface area contributed by atoms with Gasteiger partial charge in [0, 0.05) is 24.0 Å². The minimum absolute atomic E-state index is 0.0840. The van der Waals surface area contributed by atoms with Crippen molar-refractivity contribution in [3.63, 3.8) is 0 Å². The molecule has 10 heteroatoms. The molecule has 32 heavy (non-hydrogen) atoms. The molecule has 0 bridgehead atoms. The van der Waals surface area contributed by atoms with E-state index in [-0.39, 0.29) is 5.75 Å². The molecule has 4 rings (SSSR count). The minimum Gasteiger partial charge on any atom is -0.504 e. The number of rotatable bonds is 8. The SMILES string of the molecule is CCOc1cc(C=NNc2nc(-c3ccc(S(=O)(=O)N4CCCC4)cc3)cs2)ccc1O. The molecule has 0 amide bonds. The molecule has 1 fully saturated rings. The average molecular weight is 473 g/mol. The van der Waals surface area contributed by atoms with Crippen LogP contribution >= 0.6 is 11.3 Å². The highest BCUT2D eigenvalue weighted by molar-refractivity contribution is 7.89. The summed E-state index contributed by atoms with van der Waals surface area (Å²) < 4.78 is 32.2. The quantitative estimate of drug-likeness (QED) is 0.377. The van der Waals surface area contributed by atoms with Crippen molar-refractivity contribution >= 4 is 32.7 Å². The molecule has 2 aromatic carbocycles. The molecule has 0 aliphatic carbocycles. The molecule has 1 aromatic heterocycles. The van der Waals surface area contributed by atoms with E-state index in [4.69, 9.17) is 4.74 Å². The highest BCUT2D eigenvalue weighted by Gasteiger charge is 2.27. The standard InChI is InChI=1S/C22H24N4O4S2/c1-2-30-21-13-16(5-10-20(21)27)14-23-25-22-24-19(15-31-22)17-6-8-18(9-7-17)32(28,29)26-11-3-4-12-26/h5-10,13-15,27H,2-4,11-12H2,1H3,(H,24,25). The Morgan fingerprint density at radius 3 is 2.69 bits per heavy atom. The zero-order valence-electron chi connectivity index (χ0n) is 17.6. The summed E-state index contributed by atoms with van der Waals surface area (Å²) in [6, 6.07) is 11.8. The monoisotopic (exact) mass is 472 g/mol. The summed E-state index contributed by atoms with van der Waals surface area (Å²) in [5, 5.41) is 16.4. The van der Waals surface area contributed by atoms with Gasteiger partial charge in [-0.05, 0) is 55.7 Å². The molecule has 168 valence electrons. The second-order valence-corrected chi connectivity index (χ2v) is 10.00. The Balaban J connectivity index is 1.41. The number of phenolic OH excluding ortho intramolecular Hbond substituents is 1. The maximum atomic E-state index is 12.7. The number of phenols is 1. The molecule has 0 atom stereocenters. The molecule has 2 heterocycles. The Morgan fingerprint density at radius 1 is 1.22 bits per heavy atom. The lowest BCUT2D eigenvalue weighted by Gasteiger charge is -2.15.